The van der Waals surface area contributed by atoms with E-state index in [0.717, 1.165) is 61.3 Å². The number of hydrogen-bond donors (Lipinski definition) is 1. The van der Waals surface area contributed by atoms with Crippen LogP contribution in [0.5, 0.6) is 0 Å². The molecule has 0 radical (unpaired) electrons. The number of aryl methyl sites for hydroxylation is 1. The van der Waals surface area contributed by atoms with Gasteiger partial charge in [0.25, 0.3) is 0 Å². The molecule has 7 nitrogen and oxygen atoms in total. The van der Waals surface area contributed by atoms with Gasteiger partial charge >= 0.3 is 0 Å². The summed E-state index contributed by atoms with van der Waals surface area (Å²) in [6.07, 6.45) is 3.57. The number of piperazine rings is 1. The summed E-state index contributed by atoms with van der Waals surface area (Å²) in [6, 6.07) is 18.6. The minimum absolute atomic E-state index is 0.722. The molecule has 31 heavy (non-hydrogen) atoms. The van der Waals surface area contributed by atoms with Crippen molar-refractivity contribution in [1.82, 2.24) is 19.9 Å². The first-order valence-electron chi connectivity index (χ1n) is 10.6. The minimum atomic E-state index is 0.722. The summed E-state index contributed by atoms with van der Waals surface area (Å²) in [5, 5.41) is 4.57. The Kier molecular flexibility index (Phi) is 5.31. The lowest BCUT2D eigenvalue weighted by atomic mass is 10.1. The van der Waals surface area contributed by atoms with Crippen molar-refractivity contribution >= 4 is 28.6 Å². The van der Waals surface area contributed by atoms with Crippen LogP contribution in [-0.4, -0.2) is 46.1 Å². The molecule has 0 unspecified atom stereocenters. The van der Waals surface area contributed by atoms with Crippen LogP contribution in [-0.2, 0) is 6.54 Å². The predicted octanol–water partition coefficient (Wildman–Crippen LogP) is 3.67. The number of benzene rings is 2. The number of nitrogens with zero attached hydrogens (tertiary/aromatic N) is 6. The second-order valence-corrected chi connectivity index (χ2v) is 7.75. The Morgan fingerprint density at radius 2 is 1.45 bits per heavy atom. The highest BCUT2D eigenvalue weighted by molar-refractivity contribution is 5.90. The standard InChI is InChI=1S/C24H25N7/c1-18-7-9-19(10-8-18)17-27-22-20-5-2-3-6-21(20)28-24(29-22)31-15-13-30(14-16-31)23-25-11-4-12-26-23/h2-12H,13-17H2,1H3,(H,27,28,29). The van der Waals surface area contributed by atoms with E-state index in [-0.39, 0.29) is 0 Å². The summed E-state index contributed by atoms with van der Waals surface area (Å²) in [5.41, 5.74) is 3.44. The van der Waals surface area contributed by atoms with Gasteiger partial charge in [-0.25, -0.2) is 15.0 Å². The van der Waals surface area contributed by atoms with Crippen LogP contribution in [0.3, 0.4) is 0 Å². The molecular weight excluding hydrogens is 386 g/mol. The van der Waals surface area contributed by atoms with E-state index in [9.17, 15) is 0 Å². The van der Waals surface area contributed by atoms with Gasteiger partial charge in [-0.05, 0) is 30.7 Å². The van der Waals surface area contributed by atoms with Crippen LogP contribution in [0.1, 0.15) is 11.1 Å². The highest BCUT2D eigenvalue weighted by Gasteiger charge is 2.21. The third-order valence-corrected chi connectivity index (χ3v) is 5.57. The first-order chi connectivity index (χ1) is 15.3. The van der Waals surface area contributed by atoms with E-state index < -0.39 is 0 Å². The summed E-state index contributed by atoms with van der Waals surface area (Å²) in [7, 11) is 0. The first-order valence-corrected chi connectivity index (χ1v) is 10.6. The molecule has 0 aliphatic carbocycles. The fraction of sp³-hybridized carbons (Fsp3) is 0.250. The SMILES string of the molecule is Cc1ccc(CNc2nc(N3CCN(c4ncccn4)CC3)nc3ccccc23)cc1. The Balaban J connectivity index is 1.36. The van der Waals surface area contributed by atoms with Crippen LogP contribution in [0.4, 0.5) is 17.7 Å². The van der Waals surface area contributed by atoms with Crippen molar-refractivity contribution in [2.45, 2.75) is 13.5 Å². The molecule has 1 aliphatic heterocycles. The van der Waals surface area contributed by atoms with E-state index in [0.29, 0.717) is 0 Å². The average Bonchev–Trinajstić information content (AvgIpc) is 2.84. The van der Waals surface area contributed by atoms with E-state index in [4.69, 9.17) is 9.97 Å². The molecule has 3 heterocycles. The van der Waals surface area contributed by atoms with Crippen molar-refractivity contribution in [3.63, 3.8) is 0 Å². The molecule has 0 spiro atoms. The van der Waals surface area contributed by atoms with Crippen molar-refractivity contribution in [3.8, 4) is 0 Å². The largest absolute Gasteiger partial charge is 0.365 e. The number of aromatic nitrogens is 4. The number of para-hydroxylation sites is 1. The van der Waals surface area contributed by atoms with Gasteiger partial charge in [0.05, 0.1) is 5.52 Å². The van der Waals surface area contributed by atoms with Gasteiger partial charge in [0, 0.05) is 50.5 Å². The van der Waals surface area contributed by atoms with Crippen LogP contribution in [0.25, 0.3) is 10.9 Å². The zero-order valence-corrected chi connectivity index (χ0v) is 17.6. The van der Waals surface area contributed by atoms with E-state index in [1.54, 1.807) is 12.4 Å². The Morgan fingerprint density at radius 3 is 2.19 bits per heavy atom. The number of fused-ring (bicyclic) bond motifs is 1. The normalized spacial score (nSPS) is 14.1. The molecule has 1 aliphatic rings. The molecule has 156 valence electrons. The molecule has 0 bridgehead atoms. The molecule has 4 aromatic rings. The summed E-state index contributed by atoms with van der Waals surface area (Å²) in [5.74, 6) is 2.41. The maximum atomic E-state index is 4.91. The fourth-order valence-corrected chi connectivity index (χ4v) is 3.79. The number of nitrogens with one attached hydrogen (secondary N) is 1. The highest BCUT2D eigenvalue weighted by atomic mass is 15.4. The van der Waals surface area contributed by atoms with E-state index in [1.165, 1.54) is 11.1 Å². The van der Waals surface area contributed by atoms with Crippen molar-refractivity contribution in [3.05, 3.63) is 78.1 Å². The Hall–Kier alpha value is -3.74. The molecule has 0 saturated carbocycles. The Morgan fingerprint density at radius 1 is 0.774 bits per heavy atom. The molecule has 2 aromatic heterocycles. The third-order valence-electron chi connectivity index (χ3n) is 5.57. The summed E-state index contributed by atoms with van der Waals surface area (Å²) < 4.78 is 0. The van der Waals surface area contributed by atoms with Crippen molar-refractivity contribution in [1.29, 1.82) is 0 Å². The zero-order chi connectivity index (χ0) is 21.0. The van der Waals surface area contributed by atoms with Crippen molar-refractivity contribution in [2.75, 3.05) is 41.3 Å². The van der Waals surface area contributed by atoms with Gasteiger partial charge in [0.2, 0.25) is 11.9 Å². The maximum Gasteiger partial charge on any atom is 0.228 e. The van der Waals surface area contributed by atoms with Crippen LogP contribution < -0.4 is 15.1 Å². The molecular formula is C24H25N7. The van der Waals surface area contributed by atoms with Gasteiger partial charge in [-0.2, -0.15) is 4.98 Å². The van der Waals surface area contributed by atoms with Crippen molar-refractivity contribution < 1.29 is 0 Å². The first kappa shape index (κ1) is 19.2. The summed E-state index contributed by atoms with van der Waals surface area (Å²) in [6.45, 7) is 6.16. The number of anilines is 3. The molecule has 7 heteroatoms. The molecule has 2 aromatic carbocycles. The molecule has 1 N–H and O–H groups in total. The molecule has 1 saturated heterocycles. The van der Waals surface area contributed by atoms with E-state index >= 15 is 0 Å². The maximum absolute atomic E-state index is 4.91. The van der Waals surface area contributed by atoms with Gasteiger partial charge in [0.1, 0.15) is 5.82 Å². The van der Waals surface area contributed by atoms with Gasteiger partial charge in [-0.1, -0.05) is 42.0 Å². The van der Waals surface area contributed by atoms with Gasteiger partial charge in [-0.3, -0.25) is 0 Å². The van der Waals surface area contributed by atoms with E-state index in [2.05, 4.69) is 62.3 Å². The van der Waals surface area contributed by atoms with Crippen LogP contribution in [0.2, 0.25) is 0 Å². The second kappa shape index (κ2) is 8.55. The minimum Gasteiger partial charge on any atom is -0.365 e. The fourth-order valence-electron chi connectivity index (χ4n) is 3.79. The molecule has 0 atom stereocenters. The molecule has 5 rings (SSSR count). The topological polar surface area (TPSA) is 70.1 Å². The van der Waals surface area contributed by atoms with Crippen LogP contribution in [0.15, 0.2) is 67.0 Å². The highest BCUT2D eigenvalue weighted by Crippen LogP contribution is 2.25. The smallest absolute Gasteiger partial charge is 0.228 e. The quantitative estimate of drug-likeness (QED) is 0.537. The third kappa shape index (κ3) is 4.26. The second-order valence-electron chi connectivity index (χ2n) is 7.75. The lowest BCUT2D eigenvalue weighted by Crippen LogP contribution is -2.47. The van der Waals surface area contributed by atoms with Crippen LogP contribution in [0, 0.1) is 6.92 Å². The van der Waals surface area contributed by atoms with Crippen LogP contribution >= 0.6 is 0 Å². The average molecular weight is 412 g/mol. The summed E-state index contributed by atoms with van der Waals surface area (Å²) in [4.78, 5) is 22.9. The lowest BCUT2D eigenvalue weighted by molar-refractivity contribution is 0.629. The van der Waals surface area contributed by atoms with Crippen molar-refractivity contribution in [2.24, 2.45) is 0 Å². The van der Waals surface area contributed by atoms with Gasteiger partial charge < -0.3 is 15.1 Å². The molecule has 0 amide bonds. The zero-order valence-electron chi connectivity index (χ0n) is 17.6. The number of rotatable bonds is 5. The number of hydrogen-bond acceptors (Lipinski definition) is 7. The Bertz CT molecular complexity index is 1150. The Labute approximate surface area is 181 Å². The van der Waals surface area contributed by atoms with Gasteiger partial charge in [0.15, 0.2) is 0 Å². The van der Waals surface area contributed by atoms with Gasteiger partial charge in [-0.15, -0.1) is 0 Å². The molecule has 1 fully saturated rings. The lowest BCUT2D eigenvalue weighted by Gasteiger charge is -2.34. The predicted molar refractivity (Wildman–Crippen MR) is 125 cm³/mol. The summed E-state index contributed by atoms with van der Waals surface area (Å²) >= 11 is 0. The van der Waals surface area contributed by atoms with E-state index in [1.807, 2.05) is 24.3 Å². The monoisotopic (exact) mass is 411 g/mol.